The number of nitrogens with zero attached hydrogens (tertiary/aromatic N) is 1. The smallest absolute Gasteiger partial charge is 0.410 e. The second kappa shape index (κ2) is 13.5. The maximum absolute atomic E-state index is 13.3. The van der Waals surface area contributed by atoms with Crippen LogP contribution in [-0.2, 0) is 21.6 Å². The van der Waals surface area contributed by atoms with Gasteiger partial charge in [-0.25, -0.2) is 13.6 Å². The molecule has 1 aliphatic heterocycles. The van der Waals surface area contributed by atoms with Crippen LogP contribution in [0.15, 0.2) is 121 Å². The van der Waals surface area contributed by atoms with Gasteiger partial charge in [-0.15, -0.1) is 0 Å². The van der Waals surface area contributed by atoms with Crippen LogP contribution >= 0.6 is 0 Å². The van der Waals surface area contributed by atoms with Crippen LogP contribution < -0.4 is 5.32 Å². The number of amides is 1. The molecule has 5 nitrogen and oxygen atoms in total. The van der Waals surface area contributed by atoms with E-state index >= 15 is 0 Å². The molecule has 2 atom stereocenters. The van der Waals surface area contributed by atoms with Gasteiger partial charge in [0.15, 0.2) is 0 Å². The van der Waals surface area contributed by atoms with Crippen LogP contribution in [0.2, 0.25) is 0 Å². The monoisotopic (exact) mass is 556 g/mol. The molecule has 0 spiro atoms. The van der Waals surface area contributed by atoms with Crippen LogP contribution in [-0.4, -0.2) is 49.3 Å². The third kappa shape index (κ3) is 6.81. The summed E-state index contributed by atoms with van der Waals surface area (Å²) in [7, 11) is 0. The number of rotatable bonds is 10. The zero-order valence-corrected chi connectivity index (χ0v) is 22.7. The highest BCUT2D eigenvalue weighted by atomic mass is 19.3. The summed E-state index contributed by atoms with van der Waals surface area (Å²) in [4.78, 5) is 14.8. The minimum absolute atomic E-state index is 0.154. The third-order valence-electron chi connectivity index (χ3n) is 7.47. The molecule has 1 fully saturated rings. The lowest BCUT2D eigenvalue weighted by molar-refractivity contribution is -0.0625. The van der Waals surface area contributed by atoms with Gasteiger partial charge in [0.25, 0.3) is 6.43 Å². The SMILES string of the molecule is O=C(OCc1ccccc1)N1CC[C@@H](OCC(F)F)[C@@H](NC(c2ccccc2)(c2ccccc2)c2ccccc2)C1. The molecule has 41 heavy (non-hydrogen) atoms. The van der Waals surface area contributed by atoms with Gasteiger partial charge in [-0.3, -0.25) is 5.32 Å². The molecular formula is C34H34F2N2O3. The van der Waals surface area contributed by atoms with Crippen LogP contribution in [0.25, 0.3) is 0 Å². The quantitative estimate of drug-likeness (QED) is 0.223. The van der Waals surface area contributed by atoms with Crippen LogP contribution in [0.3, 0.4) is 0 Å². The van der Waals surface area contributed by atoms with E-state index in [1.807, 2.05) is 84.9 Å². The van der Waals surface area contributed by atoms with E-state index < -0.39 is 36.8 Å². The van der Waals surface area contributed by atoms with Gasteiger partial charge < -0.3 is 14.4 Å². The first kappa shape index (κ1) is 28.5. The van der Waals surface area contributed by atoms with Gasteiger partial charge in [-0.05, 0) is 28.7 Å². The highest BCUT2D eigenvalue weighted by Crippen LogP contribution is 2.38. The molecule has 1 aliphatic rings. The summed E-state index contributed by atoms with van der Waals surface area (Å²) in [5, 5.41) is 3.83. The fourth-order valence-corrected chi connectivity index (χ4v) is 5.53. The zero-order chi connectivity index (χ0) is 28.5. The van der Waals surface area contributed by atoms with Crippen molar-refractivity contribution in [2.75, 3.05) is 19.7 Å². The largest absolute Gasteiger partial charge is 0.445 e. The van der Waals surface area contributed by atoms with E-state index in [2.05, 4.69) is 41.7 Å². The number of piperidine rings is 1. The molecule has 4 aromatic carbocycles. The maximum atomic E-state index is 13.3. The van der Waals surface area contributed by atoms with Crippen molar-refractivity contribution in [3.8, 4) is 0 Å². The molecule has 1 N–H and O–H groups in total. The number of halogens is 2. The van der Waals surface area contributed by atoms with Gasteiger partial charge >= 0.3 is 6.09 Å². The molecule has 1 amide bonds. The molecule has 0 saturated carbocycles. The molecule has 4 aromatic rings. The van der Waals surface area contributed by atoms with Gasteiger partial charge in [0.1, 0.15) is 13.2 Å². The van der Waals surface area contributed by atoms with E-state index in [0.717, 1.165) is 22.3 Å². The Hall–Kier alpha value is -4.07. The molecule has 0 aliphatic carbocycles. The summed E-state index contributed by atoms with van der Waals surface area (Å²) < 4.78 is 38.0. The molecule has 0 bridgehead atoms. The lowest BCUT2D eigenvalue weighted by Gasteiger charge is -2.45. The normalized spacial score (nSPS) is 17.4. The Balaban J connectivity index is 1.50. The van der Waals surface area contributed by atoms with Crippen molar-refractivity contribution in [1.82, 2.24) is 10.2 Å². The lowest BCUT2D eigenvalue weighted by Crippen LogP contribution is -2.61. The highest BCUT2D eigenvalue weighted by Gasteiger charge is 2.43. The van der Waals surface area contributed by atoms with Crippen molar-refractivity contribution in [2.45, 2.75) is 37.1 Å². The van der Waals surface area contributed by atoms with Gasteiger partial charge in [0.2, 0.25) is 0 Å². The average Bonchev–Trinajstić information content (AvgIpc) is 3.03. The van der Waals surface area contributed by atoms with Gasteiger partial charge in [-0.2, -0.15) is 0 Å². The first-order chi connectivity index (χ1) is 20.1. The number of ether oxygens (including phenoxy) is 2. The number of benzene rings is 4. The Bertz CT molecular complexity index is 1260. The van der Waals surface area contributed by atoms with Gasteiger partial charge in [-0.1, -0.05) is 121 Å². The van der Waals surface area contributed by atoms with Crippen molar-refractivity contribution in [2.24, 2.45) is 0 Å². The second-order valence-corrected chi connectivity index (χ2v) is 10.1. The van der Waals surface area contributed by atoms with E-state index in [1.54, 1.807) is 4.90 Å². The average molecular weight is 557 g/mol. The molecule has 0 radical (unpaired) electrons. The third-order valence-corrected chi connectivity index (χ3v) is 7.47. The minimum Gasteiger partial charge on any atom is -0.445 e. The van der Waals surface area contributed by atoms with Crippen molar-refractivity contribution < 1.29 is 23.0 Å². The zero-order valence-electron chi connectivity index (χ0n) is 22.7. The van der Waals surface area contributed by atoms with Crippen molar-refractivity contribution in [3.63, 3.8) is 0 Å². The summed E-state index contributed by atoms with van der Waals surface area (Å²) >= 11 is 0. The van der Waals surface area contributed by atoms with E-state index in [-0.39, 0.29) is 13.2 Å². The highest BCUT2D eigenvalue weighted by molar-refractivity contribution is 5.68. The summed E-state index contributed by atoms with van der Waals surface area (Å²) in [5.41, 5.74) is 2.98. The number of hydrogen-bond acceptors (Lipinski definition) is 4. The number of carbonyl (C=O) groups excluding carboxylic acids is 1. The molecule has 1 heterocycles. The summed E-state index contributed by atoms with van der Waals surface area (Å²) in [6.45, 7) is 0.0579. The lowest BCUT2D eigenvalue weighted by atomic mass is 9.76. The molecule has 0 aromatic heterocycles. The Morgan fingerprint density at radius 3 is 1.78 bits per heavy atom. The van der Waals surface area contributed by atoms with Gasteiger partial charge in [0.05, 0.1) is 17.7 Å². The number of alkyl halides is 2. The van der Waals surface area contributed by atoms with Crippen molar-refractivity contribution in [1.29, 1.82) is 0 Å². The molecular weight excluding hydrogens is 522 g/mol. The Morgan fingerprint density at radius 1 is 0.805 bits per heavy atom. The van der Waals surface area contributed by atoms with Crippen molar-refractivity contribution >= 4 is 6.09 Å². The fraction of sp³-hybridized carbons (Fsp3) is 0.265. The number of carbonyl (C=O) groups is 1. The molecule has 7 heteroatoms. The number of nitrogens with one attached hydrogen (secondary N) is 1. The van der Waals surface area contributed by atoms with Crippen LogP contribution in [0.1, 0.15) is 28.7 Å². The minimum atomic E-state index is -2.59. The second-order valence-electron chi connectivity index (χ2n) is 10.1. The standard InChI is InChI=1S/C34H34F2N2O3/c35-32(36)25-40-31-21-22-38(33(39)41-24-26-13-5-1-6-14-26)23-30(31)37-34(27-15-7-2-8-16-27,28-17-9-3-10-18-28)29-19-11-4-12-20-29/h1-20,30-32,37H,21-25H2/t30-,31+/m0/s1. The summed E-state index contributed by atoms with van der Waals surface area (Å²) in [6, 6.07) is 39.1. The van der Waals surface area contributed by atoms with Gasteiger partial charge in [0, 0.05) is 13.1 Å². The van der Waals surface area contributed by atoms with E-state index in [4.69, 9.17) is 9.47 Å². The number of hydrogen-bond donors (Lipinski definition) is 1. The van der Waals surface area contributed by atoms with E-state index in [1.165, 1.54) is 0 Å². The predicted octanol–water partition coefficient (Wildman–Crippen LogP) is 6.63. The molecule has 212 valence electrons. The number of likely N-dealkylation sites (tertiary alicyclic amines) is 1. The fourth-order valence-electron chi connectivity index (χ4n) is 5.53. The molecule has 0 unspecified atom stereocenters. The van der Waals surface area contributed by atoms with Crippen LogP contribution in [0, 0.1) is 0 Å². The van der Waals surface area contributed by atoms with E-state index in [0.29, 0.717) is 13.0 Å². The first-order valence-electron chi connectivity index (χ1n) is 13.9. The Labute approximate surface area is 239 Å². The van der Waals surface area contributed by atoms with Crippen LogP contribution in [0.5, 0.6) is 0 Å². The predicted molar refractivity (Wildman–Crippen MR) is 155 cm³/mol. The molecule has 1 saturated heterocycles. The van der Waals surface area contributed by atoms with Crippen molar-refractivity contribution in [3.05, 3.63) is 144 Å². The topological polar surface area (TPSA) is 50.8 Å². The maximum Gasteiger partial charge on any atom is 0.410 e. The molecule has 5 rings (SSSR count). The Morgan fingerprint density at radius 2 is 1.29 bits per heavy atom. The first-order valence-corrected chi connectivity index (χ1v) is 13.9. The summed E-state index contributed by atoms with van der Waals surface area (Å²) in [5.74, 6) is 0. The van der Waals surface area contributed by atoms with E-state index in [9.17, 15) is 13.6 Å². The Kier molecular flexibility index (Phi) is 9.39. The van der Waals surface area contributed by atoms with Crippen LogP contribution in [0.4, 0.5) is 13.6 Å². The summed E-state index contributed by atoms with van der Waals surface area (Å²) in [6.07, 6.45) is -3.19.